The van der Waals surface area contributed by atoms with Gasteiger partial charge in [-0.15, -0.1) is 11.3 Å². The quantitative estimate of drug-likeness (QED) is 0.721. The lowest BCUT2D eigenvalue weighted by molar-refractivity contribution is -0.120. The lowest BCUT2D eigenvalue weighted by Gasteiger charge is -2.13. The Balaban J connectivity index is 1.98. The molecule has 2 rings (SSSR count). The zero-order valence-corrected chi connectivity index (χ0v) is 15.5. The molecule has 0 spiro atoms. The largest absolute Gasteiger partial charge is 0.383 e. The number of rotatable bonds is 8. The summed E-state index contributed by atoms with van der Waals surface area (Å²) in [6.07, 6.45) is 0. The van der Waals surface area contributed by atoms with Gasteiger partial charge in [-0.2, -0.15) is 0 Å². The van der Waals surface area contributed by atoms with E-state index >= 15 is 0 Å². The fourth-order valence-corrected chi connectivity index (χ4v) is 3.44. The number of amides is 1. The molecule has 2 N–H and O–H groups in total. The summed E-state index contributed by atoms with van der Waals surface area (Å²) in [5, 5.41) is 7.05. The summed E-state index contributed by atoms with van der Waals surface area (Å²) < 4.78 is 4.94. The van der Waals surface area contributed by atoms with Crippen LogP contribution in [0.25, 0.3) is 10.6 Å². The molecule has 0 saturated heterocycles. The van der Waals surface area contributed by atoms with Gasteiger partial charge in [-0.3, -0.25) is 4.79 Å². The number of hydrogen-bond donors (Lipinski definition) is 2. The van der Waals surface area contributed by atoms with Gasteiger partial charge in [0, 0.05) is 19.2 Å². The zero-order chi connectivity index (χ0) is 17.5. The van der Waals surface area contributed by atoms with Gasteiger partial charge in [-0.1, -0.05) is 29.8 Å². The number of thiazole rings is 1. The minimum atomic E-state index is -0.0570. The van der Waals surface area contributed by atoms with Gasteiger partial charge in [-0.25, -0.2) is 4.98 Å². The first kappa shape index (κ1) is 18.6. The van der Waals surface area contributed by atoms with Crippen LogP contribution in [0.4, 0.5) is 0 Å². The maximum Gasteiger partial charge on any atom is 0.234 e. The zero-order valence-electron chi connectivity index (χ0n) is 14.7. The molecule has 0 aliphatic heterocycles. The van der Waals surface area contributed by atoms with Crippen molar-refractivity contribution >= 4 is 17.2 Å². The first-order valence-electron chi connectivity index (χ1n) is 8.04. The van der Waals surface area contributed by atoms with Crippen LogP contribution in [-0.2, 0) is 9.53 Å². The molecule has 2 aromatic rings. The Morgan fingerprint density at radius 1 is 1.29 bits per heavy atom. The molecule has 1 heterocycles. The first-order valence-corrected chi connectivity index (χ1v) is 8.86. The van der Waals surface area contributed by atoms with Gasteiger partial charge in [0.05, 0.1) is 29.8 Å². The highest BCUT2D eigenvalue weighted by molar-refractivity contribution is 7.15. The predicted molar refractivity (Wildman–Crippen MR) is 98.3 cm³/mol. The maximum atomic E-state index is 12.0. The van der Waals surface area contributed by atoms with E-state index in [0.717, 1.165) is 21.1 Å². The van der Waals surface area contributed by atoms with E-state index in [0.29, 0.717) is 13.2 Å². The molecular formula is C18H25N3O2S. The second-order valence-electron chi connectivity index (χ2n) is 5.79. The van der Waals surface area contributed by atoms with E-state index in [1.165, 1.54) is 5.56 Å². The van der Waals surface area contributed by atoms with E-state index < -0.39 is 0 Å². The Hall–Kier alpha value is -1.76. The van der Waals surface area contributed by atoms with Gasteiger partial charge in [0.15, 0.2) is 0 Å². The number of carbonyl (C=O) groups is 1. The third-order valence-corrected chi connectivity index (χ3v) is 5.06. The molecule has 0 saturated carbocycles. The molecule has 1 unspecified atom stereocenters. The van der Waals surface area contributed by atoms with Gasteiger partial charge in [0.2, 0.25) is 5.91 Å². The Kier molecular flexibility index (Phi) is 6.90. The number of aryl methyl sites for hydroxylation is 2. The lowest BCUT2D eigenvalue weighted by atomic mass is 10.2. The number of ether oxygens (including phenoxy) is 1. The molecule has 1 aromatic heterocycles. The van der Waals surface area contributed by atoms with Crippen LogP contribution in [0, 0.1) is 13.8 Å². The van der Waals surface area contributed by atoms with Gasteiger partial charge in [0.1, 0.15) is 5.01 Å². The van der Waals surface area contributed by atoms with E-state index in [1.54, 1.807) is 18.4 Å². The Morgan fingerprint density at radius 3 is 2.67 bits per heavy atom. The predicted octanol–water partition coefficient (Wildman–Crippen LogP) is 2.84. The molecule has 1 aromatic carbocycles. The van der Waals surface area contributed by atoms with Crippen LogP contribution in [0.15, 0.2) is 24.3 Å². The van der Waals surface area contributed by atoms with E-state index in [1.807, 2.05) is 13.8 Å². The fraction of sp³-hybridized carbons (Fsp3) is 0.444. The van der Waals surface area contributed by atoms with Crippen LogP contribution in [0.5, 0.6) is 0 Å². The number of benzene rings is 1. The molecule has 0 fully saturated rings. The van der Waals surface area contributed by atoms with Crippen molar-refractivity contribution in [2.45, 2.75) is 26.8 Å². The van der Waals surface area contributed by atoms with Crippen molar-refractivity contribution in [1.29, 1.82) is 0 Å². The molecule has 0 aliphatic carbocycles. The van der Waals surface area contributed by atoms with E-state index in [-0.39, 0.29) is 18.5 Å². The molecule has 6 heteroatoms. The highest BCUT2D eigenvalue weighted by atomic mass is 32.1. The summed E-state index contributed by atoms with van der Waals surface area (Å²) in [7, 11) is 1.64. The number of carbonyl (C=O) groups excluding carboxylic acids is 1. The number of nitrogens with zero attached hydrogens (tertiary/aromatic N) is 1. The van der Waals surface area contributed by atoms with Crippen molar-refractivity contribution in [3.8, 4) is 10.6 Å². The minimum absolute atomic E-state index is 0.0247. The number of aromatic nitrogens is 1. The molecule has 130 valence electrons. The molecule has 1 amide bonds. The highest BCUT2D eigenvalue weighted by Gasteiger charge is 2.17. The minimum Gasteiger partial charge on any atom is -0.383 e. The van der Waals surface area contributed by atoms with Crippen molar-refractivity contribution in [2.75, 3.05) is 26.8 Å². The summed E-state index contributed by atoms with van der Waals surface area (Å²) in [6.45, 7) is 7.60. The van der Waals surface area contributed by atoms with E-state index in [2.05, 4.69) is 46.8 Å². The van der Waals surface area contributed by atoms with Gasteiger partial charge in [0.25, 0.3) is 0 Å². The van der Waals surface area contributed by atoms with Crippen LogP contribution >= 0.6 is 11.3 Å². The summed E-state index contributed by atoms with van der Waals surface area (Å²) >= 11 is 1.63. The van der Waals surface area contributed by atoms with Crippen molar-refractivity contribution < 1.29 is 9.53 Å². The van der Waals surface area contributed by atoms with E-state index in [4.69, 9.17) is 4.74 Å². The second kappa shape index (κ2) is 8.92. The van der Waals surface area contributed by atoms with Crippen LogP contribution in [0.2, 0.25) is 0 Å². The smallest absolute Gasteiger partial charge is 0.234 e. The van der Waals surface area contributed by atoms with Crippen molar-refractivity contribution in [2.24, 2.45) is 0 Å². The standard InChI is InChI=1S/C18H25N3O2S/c1-12-5-7-15(8-6-12)18-21-14(3)17(24-18)13(2)20-16(22)11-19-9-10-23-4/h5-8,13,19H,9-11H2,1-4H3,(H,20,22). The maximum absolute atomic E-state index is 12.0. The highest BCUT2D eigenvalue weighted by Crippen LogP contribution is 2.31. The molecular weight excluding hydrogens is 322 g/mol. The second-order valence-corrected chi connectivity index (χ2v) is 6.82. The van der Waals surface area contributed by atoms with Crippen LogP contribution in [-0.4, -0.2) is 37.7 Å². The summed E-state index contributed by atoms with van der Waals surface area (Å²) in [4.78, 5) is 17.7. The average Bonchev–Trinajstić information content (AvgIpc) is 2.94. The topological polar surface area (TPSA) is 63.2 Å². The molecule has 1 atom stereocenters. The normalized spacial score (nSPS) is 12.2. The van der Waals surface area contributed by atoms with Gasteiger partial charge in [-0.05, 0) is 20.8 Å². The van der Waals surface area contributed by atoms with Gasteiger partial charge >= 0.3 is 0 Å². The molecule has 0 aliphatic rings. The number of hydrogen-bond acceptors (Lipinski definition) is 5. The van der Waals surface area contributed by atoms with Crippen LogP contribution in [0.3, 0.4) is 0 Å². The van der Waals surface area contributed by atoms with Gasteiger partial charge < -0.3 is 15.4 Å². The molecule has 0 bridgehead atoms. The van der Waals surface area contributed by atoms with Crippen molar-refractivity contribution in [3.63, 3.8) is 0 Å². The number of methoxy groups -OCH3 is 1. The third kappa shape index (κ3) is 5.12. The van der Waals surface area contributed by atoms with Crippen LogP contribution in [0.1, 0.15) is 29.1 Å². The fourth-order valence-electron chi connectivity index (χ4n) is 2.36. The first-order chi connectivity index (χ1) is 11.5. The Labute approximate surface area is 147 Å². The average molecular weight is 347 g/mol. The Bertz CT molecular complexity index is 667. The molecule has 5 nitrogen and oxygen atoms in total. The molecule has 24 heavy (non-hydrogen) atoms. The van der Waals surface area contributed by atoms with Crippen LogP contribution < -0.4 is 10.6 Å². The number of nitrogens with one attached hydrogen (secondary N) is 2. The summed E-state index contributed by atoms with van der Waals surface area (Å²) in [5.74, 6) is -0.0247. The summed E-state index contributed by atoms with van der Waals surface area (Å²) in [6, 6.07) is 8.28. The SMILES string of the molecule is COCCNCC(=O)NC(C)c1sc(-c2ccc(C)cc2)nc1C. The van der Waals surface area contributed by atoms with Crippen molar-refractivity contribution in [1.82, 2.24) is 15.6 Å². The Morgan fingerprint density at radius 2 is 2.00 bits per heavy atom. The monoisotopic (exact) mass is 347 g/mol. The lowest BCUT2D eigenvalue weighted by Crippen LogP contribution is -2.36. The van der Waals surface area contributed by atoms with E-state index in [9.17, 15) is 4.79 Å². The summed E-state index contributed by atoms with van der Waals surface area (Å²) in [5.41, 5.74) is 3.31. The third-order valence-electron chi connectivity index (χ3n) is 3.67. The molecule has 0 radical (unpaired) electrons. The van der Waals surface area contributed by atoms with Crippen molar-refractivity contribution in [3.05, 3.63) is 40.4 Å².